The van der Waals surface area contributed by atoms with Gasteiger partial charge in [0, 0.05) is 31.3 Å². The molecule has 0 aliphatic carbocycles. The van der Waals surface area contributed by atoms with E-state index in [0.717, 1.165) is 12.1 Å². The number of benzene rings is 2. The number of sulfonamides is 1. The molecule has 0 saturated heterocycles. The third-order valence-electron chi connectivity index (χ3n) is 3.46. The van der Waals surface area contributed by atoms with Crippen LogP contribution in [0, 0.1) is 15.9 Å². The molecule has 2 aromatic rings. The number of nitrogens with zero attached hydrogens (tertiary/aromatic N) is 1. The number of carbonyl (C=O) groups excluding carboxylic acids is 1. The summed E-state index contributed by atoms with van der Waals surface area (Å²) in [6.07, 6.45) is 0. The van der Waals surface area contributed by atoms with Crippen LogP contribution < -0.4 is 14.8 Å². The van der Waals surface area contributed by atoms with Crippen molar-refractivity contribution < 1.29 is 27.3 Å². The minimum Gasteiger partial charge on any atom is -0.497 e. The van der Waals surface area contributed by atoms with Crippen molar-refractivity contribution in [3.63, 3.8) is 0 Å². The summed E-state index contributed by atoms with van der Waals surface area (Å²) in [6, 6.07) is 8.28. The Bertz CT molecular complexity index is 964. The van der Waals surface area contributed by atoms with Crippen molar-refractivity contribution in [2.75, 3.05) is 20.2 Å². The minimum absolute atomic E-state index is 0.113. The first-order chi connectivity index (χ1) is 12.7. The average Bonchev–Trinajstić information content (AvgIpc) is 2.65. The monoisotopic (exact) mass is 397 g/mol. The molecule has 0 aliphatic heterocycles. The summed E-state index contributed by atoms with van der Waals surface area (Å²) in [5, 5.41) is 13.1. The first-order valence-electron chi connectivity index (χ1n) is 7.60. The molecular weight excluding hydrogens is 381 g/mol. The molecule has 0 aliphatic rings. The Morgan fingerprint density at radius 3 is 2.59 bits per heavy atom. The van der Waals surface area contributed by atoms with E-state index in [1.807, 2.05) is 0 Å². The van der Waals surface area contributed by atoms with E-state index < -0.39 is 26.7 Å². The molecule has 1 amide bonds. The number of nitro groups is 1. The second kappa shape index (κ2) is 8.56. The Balaban J connectivity index is 1.93. The van der Waals surface area contributed by atoms with Gasteiger partial charge in [-0.1, -0.05) is 6.07 Å². The smallest absolute Gasteiger partial charge is 0.270 e. The quantitative estimate of drug-likeness (QED) is 0.394. The van der Waals surface area contributed by atoms with E-state index in [-0.39, 0.29) is 35.0 Å². The Morgan fingerprint density at radius 2 is 1.96 bits per heavy atom. The van der Waals surface area contributed by atoms with Crippen LogP contribution in [0.2, 0.25) is 0 Å². The van der Waals surface area contributed by atoms with Gasteiger partial charge in [-0.15, -0.1) is 0 Å². The molecule has 0 spiro atoms. The maximum Gasteiger partial charge on any atom is 0.270 e. The molecule has 0 unspecified atom stereocenters. The first kappa shape index (κ1) is 20.3. The number of halogens is 1. The van der Waals surface area contributed by atoms with Gasteiger partial charge in [0.25, 0.3) is 11.6 Å². The van der Waals surface area contributed by atoms with E-state index in [0.29, 0.717) is 0 Å². The Kier molecular flexibility index (Phi) is 6.42. The molecule has 0 atom stereocenters. The molecule has 2 rings (SSSR count). The van der Waals surface area contributed by atoms with E-state index >= 15 is 0 Å². The zero-order valence-corrected chi connectivity index (χ0v) is 15.0. The number of non-ortho nitro benzene ring substituents is 1. The molecule has 144 valence electrons. The van der Waals surface area contributed by atoms with E-state index in [1.165, 1.54) is 37.4 Å². The van der Waals surface area contributed by atoms with Crippen molar-refractivity contribution in [2.24, 2.45) is 0 Å². The van der Waals surface area contributed by atoms with Crippen molar-refractivity contribution in [3.8, 4) is 5.75 Å². The molecule has 0 aromatic heterocycles. The van der Waals surface area contributed by atoms with E-state index in [2.05, 4.69) is 10.0 Å². The SMILES string of the molecule is COc1ccc(C(=O)NCCNS(=O)(=O)c2cccc([N+](=O)[O-])c2)c(F)c1. The number of rotatable bonds is 8. The third-order valence-corrected chi connectivity index (χ3v) is 4.92. The number of nitrogens with one attached hydrogen (secondary N) is 2. The molecule has 0 fully saturated rings. The standard InChI is InChI=1S/C16H16FN3O6S/c1-26-12-5-6-14(15(17)10-12)16(21)18-7-8-19-27(24,25)13-4-2-3-11(9-13)20(22)23/h2-6,9-10,19H,7-8H2,1H3,(H,18,21). The fraction of sp³-hybridized carbons (Fsp3) is 0.188. The molecule has 9 nitrogen and oxygen atoms in total. The fourth-order valence-corrected chi connectivity index (χ4v) is 3.18. The van der Waals surface area contributed by atoms with Gasteiger partial charge >= 0.3 is 0 Å². The molecule has 0 radical (unpaired) electrons. The summed E-state index contributed by atoms with van der Waals surface area (Å²) in [5.74, 6) is -1.23. The summed E-state index contributed by atoms with van der Waals surface area (Å²) in [5.41, 5.74) is -0.571. The molecular formula is C16H16FN3O6S. The van der Waals surface area contributed by atoms with Gasteiger partial charge < -0.3 is 10.1 Å². The number of hydrogen-bond acceptors (Lipinski definition) is 6. The van der Waals surface area contributed by atoms with Gasteiger partial charge in [-0.2, -0.15) is 0 Å². The van der Waals surface area contributed by atoms with Crippen molar-refractivity contribution >= 4 is 21.6 Å². The number of nitro benzene ring substituents is 1. The largest absolute Gasteiger partial charge is 0.497 e. The molecule has 0 heterocycles. The van der Waals surface area contributed by atoms with Crippen LogP contribution in [0.1, 0.15) is 10.4 Å². The van der Waals surface area contributed by atoms with E-state index in [4.69, 9.17) is 4.74 Å². The molecule has 2 aromatic carbocycles. The summed E-state index contributed by atoms with van der Waals surface area (Å²) < 4.78 is 45.1. The Labute approximate surface area is 154 Å². The van der Waals surface area contributed by atoms with Gasteiger partial charge in [-0.05, 0) is 18.2 Å². The highest BCUT2D eigenvalue weighted by Crippen LogP contribution is 2.17. The summed E-state index contributed by atoms with van der Waals surface area (Å²) >= 11 is 0. The molecule has 0 bridgehead atoms. The Hall–Kier alpha value is -3.05. The number of methoxy groups -OCH3 is 1. The maximum atomic E-state index is 13.8. The van der Waals surface area contributed by atoms with E-state index in [1.54, 1.807) is 0 Å². The summed E-state index contributed by atoms with van der Waals surface area (Å²) in [4.78, 5) is 21.7. The van der Waals surface area contributed by atoms with Crippen molar-refractivity contribution in [1.29, 1.82) is 0 Å². The van der Waals surface area contributed by atoms with Crippen LogP contribution in [-0.2, 0) is 10.0 Å². The van der Waals surface area contributed by atoms with Crippen molar-refractivity contribution in [3.05, 3.63) is 64.0 Å². The zero-order chi connectivity index (χ0) is 20.0. The molecule has 11 heteroatoms. The van der Waals surface area contributed by atoms with Crippen LogP contribution in [0.15, 0.2) is 47.4 Å². The number of ether oxygens (including phenoxy) is 1. The van der Waals surface area contributed by atoms with Crippen LogP contribution in [-0.4, -0.2) is 39.4 Å². The lowest BCUT2D eigenvalue weighted by Gasteiger charge is -2.09. The first-order valence-corrected chi connectivity index (χ1v) is 9.09. The van der Waals surface area contributed by atoms with Gasteiger partial charge in [0.15, 0.2) is 0 Å². The number of hydrogen-bond donors (Lipinski definition) is 2. The minimum atomic E-state index is -3.99. The topological polar surface area (TPSA) is 128 Å². The van der Waals surface area contributed by atoms with Crippen molar-refractivity contribution in [2.45, 2.75) is 4.90 Å². The zero-order valence-electron chi connectivity index (χ0n) is 14.1. The molecule has 0 saturated carbocycles. The van der Waals surface area contributed by atoms with Crippen molar-refractivity contribution in [1.82, 2.24) is 10.0 Å². The van der Waals surface area contributed by atoms with Crippen LogP contribution >= 0.6 is 0 Å². The summed E-state index contributed by atoms with van der Waals surface area (Å²) in [7, 11) is -2.63. The van der Waals surface area contributed by atoms with Gasteiger partial charge in [-0.25, -0.2) is 17.5 Å². The van der Waals surface area contributed by atoms with Gasteiger partial charge in [0.05, 0.1) is 22.5 Å². The van der Waals surface area contributed by atoms with Gasteiger partial charge in [0.1, 0.15) is 11.6 Å². The second-order valence-corrected chi connectivity index (χ2v) is 7.02. The highest BCUT2D eigenvalue weighted by Gasteiger charge is 2.17. The van der Waals surface area contributed by atoms with Gasteiger partial charge in [0.2, 0.25) is 10.0 Å². The van der Waals surface area contributed by atoms with Crippen LogP contribution in [0.4, 0.5) is 10.1 Å². The maximum absolute atomic E-state index is 13.8. The van der Waals surface area contributed by atoms with Gasteiger partial charge in [-0.3, -0.25) is 14.9 Å². The Morgan fingerprint density at radius 1 is 1.22 bits per heavy atom. The predicted molar refractivity (Wildman–Crippen MR) is 93.6 cm³/mol. The highest BCUT2D eigenvalue weighted by molar-refractivity contribution is 7.89. The lowest BCUT2D eigenvalue weighted by atomic mass is 10.2. The normalized spacial score (nSPS) is 11.0. The lowest BCUT2D eigenvalue weighted by Crippen LogP contribution is -2.35. The molecule has 2 N–H and O–H groups in total. The van der Waals surface area contributed by atoms with Crippen LogP contribution in [0.3, 0.4) is 0 Å². The van der Waals surface area contributed by atoms with Crippen LogP contribution in [0.5, 0.6) is 5.75 Å². The second-order valence-electron chi connectivity index (χ2n) is 5.25. The summed E-state index contributed by atoms with van der Waals surface area (Å²) in [6.45, 7) is -0.299. The van der Waals surface area contributed by atoms with Crippen LogP contribution in [0.25, 0.3) is 0 Å². The van der Waals surface area contributed by atoms with E-state index in [9.17, 15) is 27.7 Å². The fourth-order valence-electron chi connectivity index (χ4n) is 2.11. The number of carbonyl (C=O) groups is 1. The predicted octanol–water partition coefficient (Wildman–Crippen LogP) is 1.45. The average molecular weight is 397 g/mol. The lowest BCUT2D eigenvalue weighted by molar-refractivity contribution is -0.385. The number of amides is 1. The third kappa shape index (κ3) is 5.21. The molecule has 27 heavy (non-hydrogen) atoms. The highest BCUT2D eigenvalue weighted by atomic mass is 32.2.